The number of phenols is 1. The molecule has 0 aromatic heterocycles. The van der Waals surface area contributed by atoms with E-state index in [1.807, 2.05) is 0 Å². The zero-order valence-corrected chi connectivity index (χ0v) is 9.50. The Kier molecular flexibility index (Phi) is 5.74. The summed E-state index contributed by atoms with van der Waals surface area (Å²) in [5.74, 6) is -0.114. The van der Waals surface area contributed by atoms with Gasteiger partial charge in [-0.3, -0.25) is 0 Å². The Bertz CT molecular complexity index is 360. The molecule has 0 fully saturated rings. The van der Waals surface area contributed by atoms with Crippen LogP contribution in [0.2, 0.25) is 0 Å². The zero-order chi connectivity index (χ0) is 12.3. The lowest BCUT2D eigenvalue weighted by molar-refractivity contribution is -0.153. The molecule has 1 aromatic carbocycles. The molecule has 0 amide bonds. The third-order valence-electron chi connectivity index (χ3n) is 2.15. The summed E-state index contributed by atoms with van der Waals surface area (Å²) in [4.78, 5) is 0. The lowest BCUT2D eigenvalue weighted by Crippen LogP contribution is -2.38. The Hall–Kier alpha value is -0.980. The van der Waals surface area contributed by atoms with Crippen LogP contribution in [0.15, 0.2) is 24.3 Å². The molecule has 0 aliphatic rings. The van der Waals surface area contributed by atoms with Gasteiger partial charge < -0.3 is 15.9 Å². The van der Waals surface area contributed by atoms with Gasteiger partial charge in [-0.25, -0.2) is 0 Å². The molecular formula is C10H13ClF3NO2. The average Bonchev–Trinajstić information content (AvgIpc) is 2.16. The van der Waals surface area contributed by atoms with Gasteiger partial charge in [-0.2, -0.15) is 13.2 Å². The first kappa shape index (κ1) is 16.0. The van der Waals surface area contributed by atoms with Gasteiger partial charge in [0.05, 0.1) is 6.10 Å². The summed E-state index contributed by atoms with van der Waals surface area (Å²) in [6, 6.07) is 3.35. The first-order valence-electron chi connectivity index (χ1n) is 4.60. The Balaban J connectivity index is 0.00000256. The van der Waals surface area contributed by atoms with E-state index in [9.17, 15) is 18.3 Å². The van der Waals surface area contributed by atoms with Crippen molar-refractivity contribution in [2.75, 3.05) is 0 Å². The van der Waals surface area contributed by atoms with Crippen LogP contribution in [-0.4, -0.2) is 22.4 Å². The number of hydrogen-bond acceptors (Lipinski definition) is 3. The number of hydrogen-bond donors (Lipinski definition) is 3. The Morgan fingerprint density at radius 2 is 1.88 bits per heavy atom. The number of nitrogens with two attached hydrogens (primary N) is 1. The molecule has 0 unspecified atom stereocenters. The van der Waals surface area contributed by atoms with Crippen molar-refractivity contribution in [1.29, 1.82) is 0 Å². The number of halogens is 4. The Morgan fingerprint density at radius 3 is 2.35 bits per heavy atom. The zero-order valence-electron chi connectivity index (χ0n) is 8.69. The van der Waals surface area contributed by atoms with E-state index in [1.165, 1.54) is 24.3 Å². The van der Waals surface area contributed by atoms with Crippen molar-refractivity contribution in [3.05, 3.63) is 29.8 Å². The molecule has 98 valence electrons. The van der Waals surface area contributed by atoms with E-state index >= 15 is 0 Å². The highest BCUT2D eigenvalue weighted by Gasteiger charge is 2.37. The summed E-state index contributed by atoms with van der Waals surface area (Å²) in [7, 11) is 0. The van der Waals surface area contributed by atoms with Gasteiger partial charge in [-0.05, 0) is 17.7 Å². The molecule has 17 heavy (non-hydrogen) atoms. The van der Waals surface area contributed by atoms with Crippen LogP contribution in [0.3, 0.4) is 0 Å². The van der Waals surface area contributed by atoms with Gasteiger partial charge in [-0.1, -0.05) is 12.1 Å². The lowest BCUT2D eigenvalue weighted by Gasteiger charge is -2.19. The predicted octanol–water partition coefficient (Wildman–Crippen LogP) is 2.13. The smallest absolute Gasteiger partial charge is 0.403 e. The van der Waals surface area contributed by atoms with E-state index in [0.717, 1.165) is 0 Å². The molecule has 0 bridgehead atoms. The van der Waals surface area contributed by atoms with Crippen LogP contribution in [0, 0.1) is 0 Å². The molecule has 3 nitrogen and oxygen atoms in total. The van der Waals surface area contributed by atoms with E-state index < -0.39 is 24.7 Å². The average molecular weight is 272 g/mol. The van der Waals surface area contributed by atoms with Crippen LogP contribution in [-0.2, 0) is 0 Å². The summed E-state index contributed by atoms with van der Waals surface area (Å²) in [6.07, 6.45) is -6.51. The van der Waals surface area contributed by atoms with Crippen LogP contribution < -0.4 is 5.73 Å². The third kappa shape index (κ3) is 4.80. The van der Waals surface area contributed by atoms with Crippen molar-refractivity contribution in [2.45, 2.75) is 24.7 Å². The minimum absolute atomic E-state index is 0. The first-order valence-corrected chi connectivity index (χ1v) is 4.60. The summed E-state index contributed by atoms with van der Waals surface area (Å²) >= 11 is 0. The summed E-state index contributed by atoms with van der Waals surface area (Å²) < 4.78 is 36.4. The summed E-state index contributed by atoms with van der Waals surface area (Å²) in [5.41, 5.74) is 5.09. The molecule has 4 N–H and O–H groups in total. The largest absolute Gasteiger partial charge is 0.508 e. The molecule has 7 heteroatoms. The molecule has 0 aliphatic heterocycles. The minimum Gasteiger partial charge on any atom is -0.508 e. The molecule has 0 radical (unpaired) electrons. The van der Waals surface area contributed by atoms with Gasteiger partial charge in [0.15, 0.2) is 0 Å². The second-order valence-corrected chi connectivity index (χ2v) is 3.49. The standard InChI is InChI=1S/C10H12F3NO2.ClH/c11-10(12,13)9(14)5-8(16)6-2-1-3-7(15)4-6;/h1-4,8-9,15-16H,5,14H2;1H/t8-,9-;/m0./s1. The van der Waals surface area contributed by atoms with Gasteiger partial charge in [0.25, 0.3) is 0 Å². The number of benzene rings is 1. The van der Waals surface area contributed by atoms with Crippen molar-refractivity contribution >= 4 is 12.4 Å². The fourth-order valence-corrected chi connectivity index (χ4v) is 1.24. The van der Waals surface area contributed by atoms with Gasteiger partial charge in [0.1, 0.15) is 11.8 Å². The number of phenolic OH excluding ortho intramolecular Hbond substituents is 1. The third-order valence-corrected chi connectivity index (χ3v) is 2.15. The first-order chi connectivity index (χ1) is 7.30. The number of aliphatic hydroxyl groups excluding tert-OH is 1. The molecule has 0 heterocycles. The van der Waals surface area contributed by atoms with Crippen LogP contribution >= 0.6 is 12.4 Å². The number of alkyl halides is 3. The summed E-state index contributed by atoms with van der Waals surface area (Å²) in [6.45, 7) is 0. The highest BCUT2D eigenvalue weighted by Crippen LogP contribution is 2.27. The van der Waals surface area contributed by atoms with E-state index in [-0.39, 0.29) is 23.7 Å². The molecular weight excluding hydrogens is 259 g/mol. The lowest BCUT2D eigenvalue weighted by atomic mass is 10.0. The monoisotopic (exact) mass is 271 g/mol. The van der Waals surface area contributed by atoms with Crippen molar-refractivity contribution in [3.8, 4) is 5.75 Å². The maximum Gasteiger partial charge on any atom is 0.403 e. The van der Waals surface area contributed by atoms with Crippen molar-refractivity contribution < 1.29 is 23.4 Å². The maximum absolute atomic E-state index is 12.1. The minimum atomic E-state index is -4.53. The maximum atomic E-state index is 12.1. The van der Waals surface area contributed by atoms with Crippen molar-refractivity contribution in [1.82, 2.24) is 0 Å². The molecule has 0 aliphatic carbocycles. The summed E-state index contributed by atoms with van der Waals surface area (Å²) in [5, 5.41) is 18.6. The molecule has 1 aromatic rings. The normalized spacial score (nSPS) is 14.9. The predicted molar refractivity (Wildman–Crippen MR) is 59.0 cm³/mol. The van der Waals surface area contributed by atoms with Gasteiger partial charge in [-0.15, -0.1) is 12.4 Å². The van der Waals surface area contributed by atoms with E-state index in [4.69, 9.17) is 10.8 Å². The van der Waals surface area contributed by atoms with Crippen molar-refractivity contribution in [2.24, 2.45) is 5.73 Å². The molecule has 0 spiro atoms. The highest BCUT2D eigenvalue weighted by atomic mass is 35.5. The van der Waals surface area contributed by atoms with Crippen LogP contribution in [0.4, 0.5) is 13.2 Å². The topological polar surface area (TPSA) is 66.5 Å². The molecule has 0 saturated carbocycles. The number of rotatable bonds is 3. The fraction of sp³-hybridized carbons (Fsp3) is 0.400. The van der Waals surface area contributed by atoms with Crippen LogP contribution in [0.5, 0.6) is 5.75 Å². The van der Waals surface area contributed by atoms with Gasteiger partial charge in [0.2, 0.25) is 0 Å². The molecule has 0 saturated heterocycles. The number of aliphatic hydroxyl groups is 1. The SMILES string of the molecule is Cl.N[C@@H](C[C@H](O)c1cccc(O)c1)C(F)(F)F. The Morgan fingerprint density at radius 1 is 1.29 bits per heavy atom. The highest BCUT2D eigenvalue weighted by molar-refractivity contribution is 5.85. The number of aromatic hydroxyl groups is 1. The van der Waals surface area contributed by atoms with E-state index in [1.54, 1.807) is 0 Å². The van der Waals surface area contributed by atoms with Crippen LogP contribution in [0.25, 0.3) is 0 Å². The second-order valence-electron chi connectivity index (χ2n) is 3.49. The fourth-order valence-electron chi connectivity index (χ4n) is 1.24. The van der Waals surface area contributed by atoms with E-state index in [2.05, 4.69) is 0 Å². The molecule has 2 atom stereocenters. The van der Waals surface area contributed by atoms with Gasteiger partial charge in [0, 0.05) is 6.42 Å². The Labute approximate surface area is 102 Å². The van der Waals surface area contributed by atoms with Gasteiger partial charge >= 0.3 is 6.18 Å². The molecule has 1 rings (SSSR count). The van der Waals surface area contributed by atoms with Crippen molar-refractivity contribution in [3.63, 3.8) is 0 Å². The van der Waals surface area contributed by atoms with E-state index in [0.29, 0.717) is 0 Å². The van der Waals surface area contributed by atoms with Crippen LogP contribution in [0.1, 0.15) is 18.1 Å². The quantitative estimate of drug-likeness (QED) is 0.789. The second kappa shape index (κ2) is 6.09.